The quantitative estimate of drug-likeness (QED) is 0.282. The summed E-state index contributed by atoms with van der Waals surface area (Å²) in [6.07, 6.45) is 14.5. The third-order valence-electron chi connectivity index (χ3n) is 2.78. The summed E-state index contributed by atoms with van der Waals surface area (Å²) in [4.78, 5) is 0. The maximum absolute atomic E-state index is 2.29. The van der Waals surface area contributed by atoms with Gasteiger partial charge in [0.15, 0.2) is 0 Å². The van der Waals surface area contributed by atoms with Crippen molar-refractivity contribution < 1.29 is 0 Å². The van der Waals surface area contributed by atoms with E-state index >= 15 is 0 Å². The van der Waals surface area contributed by atoms with Gasteiger partial charge in [-0.1, -0.05) is 93.2 Å². The Bertz CT molecular complexity index is 101. The van der Waals surface area contributed by atoms with E-state index in [-0.39, 0.29) is 0 Å². The molecule has 98 valence electrons. The molecule has 0 fully saturated rings. The van der Waals surface area contributed by atoms with Crippen molar-refractivity contribution in [1.29, 1.82) is 0 Å². The molecule has 0 aliphatic carbocycles. The largest absolute Gasteiger partial charge is 0.0944 e. The molecule has 2 heteroatoms. The Morgan fingerprint density at radius 3 is 1.56 bits per heavy atom. The number of unbranched alkanes of at least 4 members (excludes halogenated alkanes) is 9. The maximum atomic E-state index is 2.29. The molecule has 0 saturated heterocycles. The van der Waals surface area contributed by atoms with Crippen LogP contribution in [0.5, 0.6) is 0 Å². The first kappa shape index (κ1) is 16.7. The fourth-order valence-electron chi connectivity index (χ4n) is 1.79. The molecule has 0 heterocycles. The summed E-state index contributed by atoms with van der Waals surface area (Å²) in [5.41, 5.74) is 0. The van der Waals surface area contributed by atoms with Gasteiger partial charge < -0.3 is 0 Å². The summed E-state index contributed by atoms with van der Waals surface area (Å²) in [5, 5.41) is 0. The predicted molar refractivity (Wildman–Crippen MR) is 82.4 cm³/mol. The van der Waals surface area contributed by atoms with Gasteiger partial charge in [0.25, 0.3) is 0 Å². The van der Waals surface area contributed by atoms with Gasteiger partial charge in [0, 0.05) is 11.5 Å². The first-order valence-electron chi connectivity index (χ1n) is 7.16. The number of hydrogen-bond donors (Lipinski definition) is 0. The molecule has 0 aliphatic heterocycles. The highest BCUT2D eigenvalue weighted by molar-refractivity contribution is 8.76. The van der Waals surface area contributed by atoms with Crippen molar-refractivity contribution >= 4 is 21.6 Å². The van der Waals surface area contributed by atoms with Crippen molar-refractivity contribution in [3.63, 3.8) is 0 Å². The predicted octanol–water partition coefficient (Wildman–Crippen LogP) is 6.31. The van der Waals surface area contributed by atoms with Crippen LogP contribution in [0.25, 0.3) is 0 Å². The lowest BCUT2D eigenvalue weighted by Gasteiger charge is -2.02. The average Bonchev–Trinajstić information content (AvgIpc) is 2.31. The zero-order valence-electron chi connectivity index (χ0n) is 11.3. The van der Waals surface area contributed by atoms with Crippen molar-refractivity contribution in [3.05, 3.63) is 0 Å². The van der Waals surface area contributed by atoms with Crippen LogP contribution >= 0.6 is 21.6 Å². The van der Waals surface area contributed by atoms with Gasteiger partial charge in [-0.3, -0.25) is 0 Å². The Morgan fingerprint density at radius 2 is 1.06 bits per heavy atom. The van der Waals surface area contributed by atoms with Crippen LogP contribution in [0.3, 0.4) is 0 Å². The highest BCUT2D eigenvalue weighted by Gasteiger charge is 1.93. The van der Waals surface area contributed by atoms with Gasteiger partial charge in [-0.05, 0) is 6.42 Å². The molecule has 0 spiro atoms. The van der Waals surface area contributed by atoms with Gasteiger partial charge in [-0.2, -0.15) is 0 Å². The second kappa shape index (κ2) is 15.7. The van der Waals surface area contributed by atoms with Crippen LogP contribution in [0, 0.1) is 0 Å². The Labute approximate surface area is 111 Å². The standard InChI is InChI=1S/C14H30S2/c1-3-5-6-7-8-9-10-11-12-13-14-16-15-4-2/h3-14H2,1-2H3. The third kappa shape index (κ3) is 14.7. The highest BCUT2D eigenvalue weighted by Crippen LogP contribution is 2.22. The van der Waals surface area contributed by atoms with Crippen molar-refractivity contribution in [2.24, 2.45) is 0 Å². The molecular formula is C14H30S2. The Hall–Kier alpha value is 0.700. The topological polar surface area (TPSA) is 0 Å². The first-order chi connectivity index (χ1) is 7.91. The Morgan fingerprint density at radius 1 is 0.562 bits per heavy atom. The van der Waals surface area contributed by atoms with Gasteiger partial charge in [0.05, 0.1) is 0 Å². The summed E-state index contributed by atoms with van der Waals surface area (Å²) in [5.74, 6) is 2.61. The molecule has 16 heavy (non-hydrogen) atoms. The zero-order valence-corrected chi connectivity index (χ0v) is 12.9. The minimum Gasteiger partial charge on any atom is -0.0944 e. The van der Waals surface area contributed by atoms with E-state index in [0.29, 0.717) is 0 Å². The van der Waals surface area contributed by atoms with Crippen LogP contribution in [-0.4, -0.2) is 11.5 Å². The highest BCUT2D eigenvalue weighted by atomic mass is 33.1. The molecular weight excluding hydrogens is 232 g/mol. The summed E-state index contributed by atoms with van der Waals surface area (Å²) < 4.78 is 0. The lowest BCUT2D eigenvalue weighted by atomic mass is 10.1. The van der Waals surface area contributed by atoms with E-state index in [4.69, 9.17) is 0 Å². The van der Waals surface area contributed by atoms with Crippen molar-refractivity contribution in [2.75, 3.05) is 11.5 Å². The van der Waals surface area contributed by atoms with Gasteiger partial charge in [0.1, 0.15) is 0 Å². The molecule has 0 bridgehead atoms. The van der Waals surface area contributed by atoms with E-state index in [2.05, 4.69) is 13.8 Å². The molecule has 0 nitrogen and oxygen atoms in total. The minimum atomic E-state index is 1.25. The Kier molecular flexibility index (Phi) is 16.4. The van der Waals surface area contributed by atoms with Crippen LogP contribution in [0.2, 0.25) is 0 Å². The van der Waals surface area contributed by atoms with Gasteiger partial charge in [0.2, 0.25) is 0 Å². The molecule has 0 aliphatic rings. The lowest BCUT2D eigenvalue weighted by Crippen LogP contribution is -1.83. The van der Waals surface area contributed by atoms with Crippen molar-refractivity contribution in [3.8, 4) is 0 Å². The molecule has 0 N–H and O–H groups in total. The lowest BCUT2D eigenvalue weighted by molar-refractivity contribution is 0.563. The van der Waals surface area contributed by atoms with Crippen LogP contribution in [0.4, 0.5) is 0 Å². The van der Waals surface area contributed by atoms with E-state index < -0.39 is 0 Å². The summed E-state index contributed by atoms with van der Waals surface area (Å²) in [7, 11) is 4.05. The van der Waals surface area contributed by atoms with Gasteiger partial charge >= 0.3 is 0 Å². The first-order valence-corrected chi connectivity index (χ1v) is 9.65. The van der Waals surface area contributed by atoms with Crippen molar-refractivity contribution in [2.45, 2.75) is 78.1 Å². The SMILES string of the molecule is CCCCCCCCCCCCSSCC. The van der Waals surface area contributed by atoms with Crippen LogP contribution in [0.1, 0.15) is 78.1 Å². The van der Waals surface area contributed by atoms with Crippen LogP contribution in [0.15, 0.2) is 0 Å². The monoisotopic (exact) mass is 262 g/mol. The molecule has 0 aromatic rings. The Balaban J connectivity index is 2.83. The molecule has 0 rings (SSSR count). The molecule has 0 amide bonds. The van der Waals surface area contributed by atoms with E-state index in [1.807, 2.05) is 21.6 Å². The summed E-state index contributed by atoms with van der Waals surface area (Å²) in [6.45, 7) is 4.52. The average molecular weight is 263 g/mol. The van der Waals surface area contributed by atoms with Crippen molar-refractivity contribution in [1.82, 2.24) is 0 Å². The molecule has 0 atom stereocenters. The van der Waals surface area contributed by atoms with E-state index in [1.165, 1.54) is 75.7 Å². The van der Waals surface area contributed by atoms with Gasteiger partial charge in [-0.15, -0.1) is 0 Å². The molecule has 0 aromatic carbocycles. The van der Waals surface area contributed by atoms with E-state index in [1.54, 1.807) is 0 Å². The van der Waals surface area contributed by atoms with Crippen LogP contribution in [-0.2, 0) is 0 Å². The third-order valence-corrected chi connectivity index (χ3v) is 5.35. The fraction of sp³-hybridized carbons (Fsp3) is 1.00. The second-order valence-corrected chi connectivity index (χ2v) is 7.28. The summed E-state index contributed by atoms with van der Waals surface area (Å²) >= 11 is 0. The van der Waals surface area contributed by atoms with E-state index in [0.717, 1.165) is 0 Å². The van der Waals surface area contributed by atoms with Crippen LogP contribution < -0.4 is 0 Å². The molecule has 0 saturated carbocycles. The maximum Gasteiger partial charge on any atom is 0.00369 e. The van der Waals surface area contributed by atoms with E-state index in [9.17, 15) is 0 Å². The smallest absolute Gasteiger partial charge is 0.00369 e. The second-order valence-electron chi connectivity index (χ2n) is 4.41. The minimum absolute atomic E-state index is 1.25. The van der Waals surface area contributed by atoms with Gasteiger partial charge in [-0.25, -0.2) is 0 Å². The normalized spacial score (nSPS) is 10.9. The molecule has 0 radical (unpaired) electrons. The fourth-order valence-corrected chi connectivity index (χ4v) is 3.60. The zero-order chi connectivity index (χ0) is 11.9. The number of hydrogen-bond acceptors (Lipinski definition) is 2. The summed E-state index contributed by atoms with van der Waals surface area (Å²) in [6, 6.07) is 0. The number of rotatable bonds is 13. The molecule has 0 aromatic heterocycles. The molecule has 0 unspecified atom stereocenters.